The van der Waals surface area contributed by atoms with Gasteiger partial charge in [-0.15, -0.1) is 0 Å². The molecular weight excluding hydrogens is 504 g/mol. The molecule has 3 amide bonds. The van der Waals surface area contributed by atoms with Crippen LogP contribution in [0.5, 0.6) is 0 Å². The van der Waals surface area contributed by atoms with E-state index in [1.165, 1.54) is 13.2 Å². The smallest absolute Gasteiger partial charge is 0.341 e. The van der Waals surface area contributed by atoms with Gasteiger partial charge in [0.05, 0.1) is 7.11 Å². The van der Waals surface area contributed by atoms with Crippen molar-refractivity contribution in [1.29, 1.82) is 5.26 Å². The number of thiophene rings is 1. The fourth-order valence-electron chi connectivity index (χ4n) is 5.78. The number of carbonyl (C=O) groups is 2. The fraction of sp³-hybridized carbons (Fsp3) is 0.556. The normalized spacial score (nSPS) is 18.1. The standard InChI is InChI=1S/C27H36N6O4S/c1-19-15-23(16-28)33(36)20(2)24(19)25(34)30-12-8-27(3,9-13-30)31-10-5-22(6-11-31)32(26(35)29-37-4)17-21-7-14-38-18-21/h7,14-15,18,22H,5-6,8-13,17H2,1-4H3,(H,29,35). The van der Waals surface area contributed by atoms with Crippen molar-refractivity contribution in [2.24, 2.45) is 0 Å². The first-order valence-electron chi connectivity index (χ1n) is 13.0. The predicted molar refractivity (Wildman–Crippen MR) is 143 cm³/mol. The Balaban J connectivity index is 1.37. The average molecular weight is 541 g/mol. The van der Waals surface area contributed by atoms with Gasteiger partial charge in [0.25, 0.3) is 11.6 Å². The number of aryl methyl sites for hydroxylation is 1. The zero-order valence-electron chi connectivity index (χ0n) is 22.5. The third kappa shape index (κ3) is 5.62. The lowest BCUT2D eigenvalue weighted by Crippen LogP contribution is -2.59. The second-order valence-corrected chi connectivity index (χ2v) is 11.2. The van der Waals surface area contributed by atoms with Gasteiger partial charge >= 0.3 is 6.03 Å². The Kier molecular flexibility index (Phi) is 8.55. The summed E-state index contributed by atoms with van der Waals surface area (Å²) >= 11 is 1.62. The number of piperidine rings is 2. The van der Waals surface area contributed by atoms with Gasteiger partial charge in [-0.25, -0.2) is 10.3 Å². The summed E-state index contributed by atoms with van der Waals surface area (Å²) in [6, 6.07) is 5.32. The van der Waals surface area contributed by atoms with Crippen molar-refractivity contribution in [2.45, 2.75) is 64.6 Å². The van der Waals surface area contributed by atoms with E-state index in [0.29, 0.717) is 35.5 Å². The Morgan fingerprint density at radius 3 is 2.55 bits per heavy atom. The van der Waals surface area contributed by atoms with Crippen LogP contribution < -0.4 is 10.2 Å². The summed E-state index contributed by atoms with van der Waals surface area (Å²) in [5, 5.41) is 25.7. The highest BCUT2D eigenvalue weighted by atomic mass is 32.1. The van der Waals surface area contributed by atoms with Crippen LogP contribution in [-0.2, 0) is 11.4 Å². The highest BCUT2D eigenvalue weighted by Crippen LogP contribution is 2.33. The quantitative estimate of drug-likeness (QED) is 0.342. The minimum absolute atomic E-state index is 0.000222. The lowest BCUT2D eigenvalue weighted by atomic mass is 9.85. The van der Waals surface area contributed by atoms with Gasteiger partial charge in [-0.1, -0.05) is 0 Å². The van der Waals surface area contributed by atoms with E-state index in [4.69, 9.17) is 4.84 Å². The molecule has 2 aromatic rings. The molecule has 38 heavy (non-hydrogen) atoms. The Bertz CT molecular complexity index is 1200. The highest BCUT2D eigenvalue weighted by molar-refractivity contribution is 7.07. The van der Waals surface area contributed by atoms with Crippen LogP contribution >= 0.6 is 11.3 Å². The van der Waals surface area contributed by atoms with Crippen molar-refractivity contribution in [3.63, 3.8) is 0 Å². The maximum Gasteiger partial charge on any atom is 0.341 e. The molecule has 204 valence electrons. The lowest BCUT2D eigenvalue weighted by molar-refractivity contribution is -0.615. The van der Waals surface area contributed by atoms with Gasteiger partial charge < -0.3 is 15.0 Å². The maximum absolute atomic E-state index is 13.4. The topological polar surface area (TPSA) is 116 Å². The summed E-state index contributed by atoms with van der Waals surface area (Å²) in [6.07, 6.45) is 3.40. The maximum atomic E-state index is 13.4. The Labute approximate surface area is 227 Å². The van der Waals surface area contributed by atoms with Crippen LogP contribution in [0.4, 0.5) is 4.79 Å². The number of carbonyl (C=O) groups excluding carboxylic acids is 2. The molecule has 0 aromatic carbocycles. The van der Waals surface area contributed by atoms with E-state index >= 15 is 0 Å². The Hall–Kier alpha value is -3.20. The number of hydroxylamine groups is 1. The summed E-state index contributed by atoms with van der Waals surface area (Å²) in [5.74, 6) is -0.150. The number of hydrogen-bond acceptors (Lipinski definition) is 7. The number of nitrogens with one attached hydrogen (secondary N) is 1. The van der Waals surface area contributed by atoms with Crippen LogP contribution in [0, 0.1) is 30.4 Å². The number of hydrogen-bond donors (Lipinski definition) is 1. The second kappa shape index (κ2) is 11.7. The first kappa shape index (κ1) is 27.8. The molecule has 0 spiro atoms. The van der Waals surface area contributed by atoms with Gasteiger partial charge in [0, 0.05) is 57.3 Å². The molecule has 0 saturated carbocycles. The molecule has 2 fully saturated rings. The molecule has 2 aliphatic rings. The molecule has 0 aliphatic carbocycles. The minimum atomic E-state index is -0.219. The van der Waals surface area contributed by atoms with E-state index in [0.717, 1.165) is 44.3 Å². The van der Waals surface area contributed by atoms with Gasteiger partial charge in [-0.2, -0.15) is 21.3 Å². The first-order chi connectivity index (χ1) is 18.2. The van der Waals surface area contributed by atoms with E-state index in [2.05, 4.69) is 22.7 Å². The van der Waals surface area contributed by atoms with Crippen molar-refractivity contribution in [3.05, 3.63) is 56.2 Å². The van der Waals surface area contributed by atoms with Gasteiger partial charge in [0.1, 0.15) is 5.56 Å². The van der Waals surface area contributed by atoms with E-state index < -0.39 is 0 Å². The van der Waals surface area contributed by atoms with E-state index in [9.17, 15) is 20.1 Å². The average Bonchev–Trinajstić information content (AvgIpc) is 3.43. The van der Waals surface area contributed by atoms with E-state index in [1.807, 2.05) is 27.3 Å². The summed E-state index contributed by atoms with van der Waals surface area (Å²) in [7, 11) is 1.45. The number of aromatic nitrogens is 1. The SMILES string of the molecule is CONC(=O)N(Cc1ccsc1)C1CCN(C2(C)CCN(C(=O)c3c(C)cc(C#N)[n+]([O-])c3C)CC2)CC1. The van der Waals surface area contributed by atoms with E-state index in [1.54, 1.807) is 25.2 Å². The summed E-state index contributed by atoms with van der Waals surface area (Å²) in [6.45, 7) is 9.14. The summed E-state index contributed by atoms with van der Waals surface area (Å²) < 4.78 is 0.549. The van der Waals surface area contributed by atoms with Crippen molar-refractivity contribution >= 4 is 23.3 Å². The van der Waals surface area contributed by atoms with Gasteiger partial charge in [-0.05, 0) is 67.5 Å². The first-order valence-corrected chi connectivity index (χ1v) is 13.9. The fourth-order valence-corrected chi connectivity index (χ4v) is 6.44. The lowest BCUT2D eigenvalue weighted by Gasteiger charge is -2.50. The number of pyridine rings is 1. The second-order valence-electron chi connectivity index (χ2n) is 10.5. The van der Waals surface area contributed by atoms with Gasteiger partial charge in [0.15, 0.2) is 6.07 Å². The molecule has 10 nitrogen and oxygen atoms in total. The summed E-state index contributed by atoms with van der Waals surface area (Å²) in [4.78, 5) is 37.2. The third-order valence-electron chi connectivity index (χ3n) is 8.14. The molecule has 0 radical (unpaired) electrons. The number of nitriles is 1. The zero-order valence-corrected chi connectivity index (χ0v) is 23.3. The molecule has 4 heterocycles. The molecule has 0 bridgehead atoms. The van der Waals surface area contributed by atoms with Crippen molar-refractivity contribution in [1.82, 2.24) is 20.2 Å². The number of likely N-dealkylation sites (tertiary alicyclic amines) is 2. The molecule has 2 aliphatic heterocycles. The molecule has 2 aromatic heterocycles. The Morgan fingerprint density at radius 1 is 1.29 bits per heavy atom. The number of rotatable bonds is 6. The molecule has 0 atom stereocenters. The van der Waals surface area contributed by atoms with Crippen LogP contribution in [0.3, 0.4) is 0 Å². The highest BCUT2D eigenvalue weighted by Gasteiger charge is 2.40. The van der Waals surface area contributed by atoms with Crippen molar-refractivity contribution in [3.8, 4) is 6.07 Å². The van der Waals surface area contributed by atoms with Gasteiger partial charge in [0.2, 0.25) is 5.69 Å². The largest absolute Gasteiger partial charge is 0.618 e. The van der Waals surface area contributed by atoms with Crippen LogP contribution in [0.15, 0.2) is 22.9 Å². The molecule has 4 rings (SSSR count). The van der Waals surface area contributed by atoms with Crippen LogP contribution in [-0.4, -0.2) is 71.5 Å². The molecule has 2 saturated heterocycles. The van der Waals surface area contributed by atoms with Crippen LogP contribution in [0.25, 0.3) is 0 Å². The third-order valence-corrected chi connectivity index (χ3v) is 8.87. The summed E-state index contributed by atoms with van der Waals surface area (Å²) in [5.41, 5.74) is 4.87. The minimum Gasteiger partial charge on any atom is -0.618 e. The van der Waals surface area contributed by atoms with Crippen molar-refractivity contribution in [2.75, 3.05) is 33.3 Å². The zero-order chi connectivity index (χ0) is 27.4. The predicted octanol–water partition coefficient (Wildman–Crippen LogP) is 3.10. The number of urea groups is 1. The van der Waals surface area contributed by atoms with Crippen molar-refractivity contribution < 1.29 is 19.2 Å². The molecule has 11 heteroatoms. The van der Waals surface area contributed by atoms with Gasteiger partial charge in [-0.3, -0.25) is 14.5 Å². The number of amides is 3. The Morgan fingerprint density at radius 2 is 1.97 bits per heavy atom. The monoisotopic (exact) mass is 540 g/mol. The molecular formula is C27H36N6O4S. The molecule has 0 unspecified atom stereocenters. The van der Waals surface area contributed by atoms with E-state index in [-0.39, 0.29) is 34.9 Å². The molecule has 1 N–H and O–H groups in total. The number of nitrogens with zero attached hydrogens (tertiary/aromatic N) is 5. The van der Waals surface area contributed by atoms with Crippen LogP contribution in [0.2, 0.25) is 0 Å². The van der Waals surface area contributed by atoms with Crippen LogP contribution in [0.1, 0.15) is 65.5 Å².